The summed E-state index contributed by atoms with van der Waals surface area (Å²) in [5.41, 5.74) is 6.58. The lowest BCUT2D eigenvalue weighted by atomic mass is 10.3. The summed E-state index contributed by atoms with van der Waals surface area (Å²) < 4.78 is 0. The van der Waals surface area contributed by atoms with Gasteiger partial charge >= 0.3 is 0 Å². The molecule has 0 aliphatic carbocycles. The van der Waals surface area contributed by atoms with Crippen molar-refractivity contribution in [3.63, 3.8) is 0 Å². The molecule has 0 heterocycles. The highest BCUT2D eigenvalue weighted by molar-refractivity contribution is 7.98. The number of nitrogens with zero attached hydrogens (tertiary/aromatic N) is 1. The Morgan fingerprint density at radius 3 is 2.92 bits per heavy atom. The number of rotatable bonds is 3. The Morgan fingerprint density at radius 2 is 2.31 bits per heavy atom. The van der Waals surface area contributed by atoms with E-state index in [0.29, 0.717) is 5.84 Å². The SMILES string of the molecule is CCC(N)=Nc1cccc(SC)c1. The van der Waals surface area contributed by atoms with Gasteiger partial charge in [0.25, 0.3) is 0 Å². The Balaban J connectivity index is 2.89. The molecule has 0 aromatic heterocycles. The van der Waals surface area contributed by atoms with E-state index in [0.717, 1.165) is 12.1 Å². The van der Waals surface area contributed by atoms with Gasteiger partial charge < -0.3 is 5.73 Å². The number of thioether (sulfide) groups is 1. The molecule has 1 aromatic rings. The van der Waals surface area contributed by atoms with Crippen LogP contribution in [0.2, 0.25) is 0 Å². The predicted octanol–water partition coefficient (Wildman–Crippen LogP) is 2.81. The smallest absolute Gasteiger partial charge is 0.0993 e. The Morgan fingerprint density at radius 1 is 1.54 bits per heavy atom. The molecule has 1 rings (SSSR count). The van der Waals surface area contributed by atoms with Gasteiger partial charge in [-0.25, -0.2) is 4.99 Å². The average molecular weight is 194 g/mol. The minimum absolute atomic E-state index is 0.679. The zero-order chi connectivity index (χ0) is 9.68. The molecule has 70 valence electrons. The third-order valence-electron chi connectivity index (χ3n) is 1.69. The van der Waals surface area contributed by atoms with E-state index in [1.165, 1.54) is 4.90 Å². The Bertz CT molecular complexity index is 308. The molecule has 2 nitrogen and oxygen atoms in total. The van der Waals surface area contributed by atoms with E-state index < -0.39 is 0 Å². The van der Waals surface area contributed by atoms with Crippen molar-refractivity contribution in [3.8, 4) is 0 Å². The minimum Gasteiger partial charge on any atom is -0.387 e. The van der Waals surface area contributed by atoms with Crippen LogP contribution in [0, 0.1) is 0 Å². The Kier molecular flexibility index (Phi) is 3.83. The average Bonchev–Trinajstić information content (AvgIpc) is 2.18. The third-order valence-corrected chi connectivity index (χ3v) is 2.41. The molecule has 0 bridgehead atoms. The first-order valence-corrected chi connectivity index (χ1v) is 5.46. The minimum atomic E-state index is 0.679. The lowest BCUT2D eigenvalue weighted by Crippen LogP contribution is -2.08. The molecule has 2 N–H and O–H groups in total. The second-order valence-electron chi connectivity index (χ2n) is 2.66. The van der Waals surface area contributed by atoms with Gasteiger partial charge in [0.05, 0.1) is 11.5 Å². The van der Waals surface area contributed by atoms with Gasteiger partial charge in [-0.2, -0.15) is 0 Å². The van der Waals surface area contributed by atoms with Gasteiger partial charge in [0.1, 0.15) is 0 Å². The molecule has 3 heteroatoms. The second-order valence-corrected chi connectivity index (χ2v) is 3.54. The molecule has 0 fully saturated rings. The van der Waals surface area contributed by atoms with Gasteiger partial charge in [-0.05, 0) is 24.5 Å². The first-order chi connectivity index (χ1) is 6.26. The van der Waals surface area contributed by atoms with Gasteiger partial charge in [0.15, 0.2) is 0 Å². The van der Waals surface area contributed by atoms with Crippen molar-refractivity contribution in [3.05, 3.63) is 24.3 Å². The van der Waals surface area contributed by atoms with Crippen LogP contribution in [-0.4, -0.2) is 12.1 Å². The maximum Gasteiger partial charge on any atom is 0.0993 e. The quantitative estimate of drug-likeness (QED) is 0.456. The highest BCUT2D eigenvalue weighted by Crippen LogP contribution is 2.20. The normalized spacial score (nSPS) is 11.7. The number of hydrogen-bond donors (Lipinski definition) is 1. The summed E-state index contributed by atoms with van der Waals surface area (Å²) in [4.78, 5) is 5.48. The third kappa shape index (κ3) is 3.11. The Hall–Kier alpha value is -0.960. The van der Waals surface area contributed by atoms with Crippen LogP contribution in [0.3, 0.4) is 0 Å². The van der Waals surface area contributed by atoms with Gasteiger partial charge in [0, 0.05) is 11.3 Å². The molecular formula is C10H14N2S. The van der Waals surface area contributed by atoms with Crippen molar-refractivity contribution in [1.29, 1.82) is 0 Å². The summed E-state index contributed by atoms with van der Waals surface area (Å²) in [7, 11) is 0. The van der Waals surface area contributed by atoms with Gasteiger partial charge in [0.2, 0.25) is 0 Å². The number of benzene rings is 1. The maximum atomic E-state index is 5.64. The molecule has 1 aromatic carbocycles. The van der Waals surface area contributed by atoms with Crippen LogP contribution in [0.5, 0.6) is 0 Å². The summed E-state index contributed by atoms with van der Waals surface area (Å²) in [5.74, 6) is 0.679. The maximum absolute atomic E-state index is 5.64. The number of hydrogen-bond acceptors (Lipinski definition) is 2. The fourth-order valence-electron chi connectivity index (χ4n) is 0.925. The van der Waals surface area contributed by atoms with E-state index in [1.54, 1.807) is 11.8 Å². The van der Waals surface area contributed by atoms with Crippen molar-refractivity contribution >= 4 is 23.3 Å². The van der Waals surface area contributed by atoms with E-state index >= 15 is 0 Å². The second kappa shape index (κ2) is 4.92. The van der Waals surface area contributed by atoms with Crippen LogP contribution in [0.15, 0.2) is 34.2 Å². The molecule has 0 aliphatic heterocycles. The predicted molar refractivity (Wildman–Crippen MR) is 59.8 cm³/mol. The van der Waals surface area contributed by atoms with Crippen molar-refractivity contribution < 1.29 is 0 Å². The lowest BCUT2D eigenvalue weighted by molar-refractivity contribution is 1.23. The molecule has 0 radical (unpaired) electrons. The standard InChI is InChI=1S/C10H14N2S/c1-3-10(11)12-8-5-4-6-9(7-8)13-2/h4-7H,3H2,1-2H3,(H2,11,12). The number of aliphatic imine (C=N–C) groups is 1. The first-order valence-electron chi connectivity index (χ1n) is 4.23. The first kappa shape index (κ1) is 10.1. The van der Waals surface area contributed by atoms with Gasteiger partial charge in [-0.1, -0.05) is 13.0 Å². The highest BCUT2D eigenvalue weighted by atomic mass is 32.2. The molecule has 0 atom stereocenters. The highest BCUT2D eigenvalue weighted by Gasteiger charge is 1.93. The van der Waals surface area contributed by atoms with Gasteiger partial charge in [-0.15, -0.1) is 11.8 Å². The number of nitrogens with two attached hydrogens (primary N) is 1. The van der Waals surface area contributed by atoms with E-state index in [9.17, 15) is 0 Å². The summed E-state index contributed by atoms with van der Waals surface area (Å²) in [6.07, 6.45) is 2.84. The van der Waals surface area contributed by atoms with E-state index in [1.807, 2.05) is 31.4 Å². The van der Waals surface area contributed by atoms with Crippen LogP contribution < -0.4 is 5.73 Å². The molecule has 0 spiro atoms. The number of amidine groups is 1. The summed E-state index contributed by atoms with van der Waals surface area (Å²) in [6.45, 7) is 2.00. The van der Waals surface area contributed by atoms with E-state index in [-0.39, 0.29) is 0 Å². The van der Waals surface area contributed by atoms with Crippen LogP contribution in [0.4, 0.5) is 5.69 Å². The van der Waals surface area contributed by atoms with E-state index in [2.05, 4.69) is 11.1 Å². The van der Waals surface area contributed by atoms with E-state index in [4.69, 9.17) is 5.73 Å². The molecule has 0 amide bonds. The largest absolute Gasteiger partial charge is 0.387 e. The molecule has 0 aliphatic rings. The molecule has 0 saturated carbocycles. The lowest BCUT2D eigenvalue weighted by Gasteiger charge is -1.99. The zero-order valence-electron chi connectivity index (χ0n) is 7.95. The summed E-state index contributed by atoms with van der Waals surface area (Å²) in [6, 6.07) is 8.05. The van der Waals surface area contributed by atoms with Crippen LogP contribution in [0.25, 0.3) is 0 Å². The fraction of sp³-hybridized carbons (Fsp3) is 0.300. The van der Waals surface area contributed by atoms with Crippen molar-refractivity contribution in [2.45, 2.75) is 18.2 Å². The molecule has 13 heavy (non-hydrogen) atoms. The van der Waals surface area contributed by atoms with Crippen molar-refractivity contribution in [1.82, 2.24) is 0 Å². The zero-order valence-corrected chi connectivity index (χ0v) is 8.77. The molecular weight excluding hydrogens is 180 g/mol. The van der Waals surface area contributed by atoms with Gasteiger partial charge in [-0.3, -0.25) is 0 Å². The van der Waals surface area contributed by atoms with Crippen LogP contribution in [-0.2, 0) is 0 Å². The molecule has 0 saturated heterocycles. The van der Waals surface area contributed by atoms with Crippen LogP contribution in [0.1, 0.15) is 13.3 Å². The topological polar surface area (TPSA) is 38.4 Å². The monoisotopic (exact) mass is 194 g/mol. The fourth-order valence-corrected chi connectivity index (χ4v) is 1.38. The molecule has 0 unspecified atom stereocenters. The Labute approximate surface area is 83.2 Å². The van der Waals surface area contributed by atoms with Crippen molar-refractivity contribution in [2.75, 3.05) is 6.26 Å². The van der Waals surface area contributed by atoms with Crippen LogP contribution >= 0.6 is 11.8 Å². The van der Waals surface area contributed by atoms with Crippen molar-refractivity contribution in [2.24, 2.45) is 10.7 Å². The summed E-state index contributed by atoms with van der Waals surface area (Å²) in [5, 5.41) is 0. The summed E-state index contributed by atoms with van der Waals surface area (Å²) >= 11 is 1.71.